The lowest BCUT2D eigenvalue weighted by Crippen LogP contribution is -2.38. The normalized spacial score (nSPS) is 18.6. The zero-order valence-corrected chi connectivity index (χ0v) is 14.1. The fourth-order valence-electron chi connectivity index (χ4n) is 3.09. The van der Waals surface area contributed by atoms with E-state index in [2.05, 4.69) is 19.2 Å². The highest BCUT2D eigenvalue weighted by molar-refractivity contribution is 5.92. The van der Waals surface area contributed by atoms with Gasteiger partial charge in [0, 0.05) is 32.8 Å². The highest BCUT2D eigenvalue weighted by atomic mass is 16.2. The number of nitrogens with one attached hydrogen (secondary N) is 1. The van der Waals surface area contributed by atoms with Gasteiger partial charge in [-0.1, -0.05) is 13.8 Å². The molecule has 1 aliphatic heterocycles. The van der Waals surface area contributed by atoms with E-state index in [9.17, 15) is 9.59 Å². The number of carbonyl (C=O) groups excluding carboxylic acids is 2. The molecule has 2 amide bonds. The van der Waals surface area contributed by atoms with Gasteiger partial charge in [0.25, 0.3) is 5.91 Å². The average Bonchev–Trinajstić information content (AvgIpc) is 2.86. The summed E-state index contributed by atoms with van der Waals surface area (Å²) in [5, 5.41) is 2.95. The Morgan fingerprint density at radius 3 is 2.68 bits per heavy atom. The van der Waals surface area contributed by atoms with E-state index in [0.29, 0.717) is 18.2 Å². The second-order valence-corrected chi connectivity index (χ2v) is 6.53. The second-order valence-electron chi connectivity index (χ2n) is 6.53. The van der Waals surface area contributed by atoms with E-state index >= 15 is 0 Å². The molecule has 2 rings (SSSR count). The van der Waals surface area contributed by atoms with Crippen molar-refractivity contribution in [2.24, 2.45) is 13.0 Å². The van der Waals surface area contributed by atoms with Gasteiger partial charge >= 0.3 is 0 Å². The highest BCUT2D eigenvalue weighted by Gasteiger charge is 2.28. The Morgan fingerprint density at radius 1 is 1.32 bits per heavy atom. The molecule has 0 spiro atoms. The molecule has 0 bridgehead atoms. The molecular weight excluding hydrogens is 278 g/mol. The smallest absolute Gasteiger partial charge is 0.267 e. The van der Waals surface area contributed by atoms with Gasteiger partial charge in [-0.05, 0) is 37.3 Å². The van der Waals surface area contributed by atoms with Crippen LogP contribution in [0, 0.1) is 5.92 Å². The molecular formula is C17H27N3O2. The van der Waals surface area contributed by atoms with E-state index in [1.54, 1.807) is 6.92 Å². The SMILES string of the molecule is CC(=O)N1CCCC[C@H]1c1ccc(C(=O)NCC(C)C)n1C. The molecule has 1 aromatic heterocycles. The van der Waals surface area contributed by atoms with Crippen LogP contribution >= 0.6 is 0 Å². The first-order chi connectivity index (χ1) is 10.4. The Labute approximate surface area is 132 Å². The van der Waals surface area contributed by atoms with Gasteiger partial charge in [-0.2, -0.15) is 0 Å². The van der Waals surface area contributed by atoms with Gasteiger partial charge in [-0.15, -0.1) is 0 Å². The first-order valence-electron chi connectivity index (χ1n) is 8.12. The van der Waals surface area contributed by atoms with Gasteiger partial charge in [-0.3, -0.25) is 9.59 Å². The average molecular weight is 305 g/mol. The van der Waals surface area contributed by atoms with E-state index in [0.717, 1.165) is 31.5 Å². The van der Waals surface area contributed by atoms with Crippen molar-refractivity contribution >= 4 is 11.8 Å². The van der Waals surface area contributed by atoms with Gasteiger partial charge in [0.05, 0.1) is 6.04 Å². The van der Waals surface area contributed by atoms with Gasteiger partial charge in [0.1, 0.15) is 5.69 Å². The van der Waals surface area contributed by atoms with E-state index < -0.39 is 0 Å². The number of likely N-dealkylation sites (tertiary alicyclic amines) is 1. The molecule has 1 aliphatic rings. The fraction of sp³-hybridized carbons (Fsp3) is 0.647. The van der Waals surface area contributed by atoms with Gasteiger partial charge in [0.15, 0.2) is 0 Å². The van der Waals surface area contributed by atoms with Crippen LogP contribution in [0.2, 0.25) is 0 Å². The standard InChI is InChI=1S/C17H27N3O2/c1-12(2)11-18-17(22)16-9-8-14(19(16)4)15-7-5-6-10-20(15)13(3)21/h8-9,12,15H,5-7,10-11H2,1-4H3,(H,18,22)/t15-/m0/s1. The minimum atomic E-state index is -0.0485. The molecule has 1 saturated heterocycles. The van der Waals surface area contributed by atoms with Crippen LogP contribution in [-0.2, 0) is 11.8 Å². The molecule has 0 radical (unpaired) electrons. The number of nitrogens with zero attached hydrogens (tertiary/aromatic N) is 2. The van der Waals surface area contributed by atoms with E-state index in [-0.39, 0.29) is 17.9 Å². The summed E-state index contributed by atoms with van der Waals surface area (Å²) in [7, 11) is 1.91. The molecule has 1 N–H and O–H groups in total. The topological polar surface area (TPSA) is 54.3 Å². The lowest BCUT2D eigenvalue weighted by molar-refractivity contribution is -0.132. The molecule has 22 heavy (non-hydrogen) atoms. The maximum absolute atomic E-state index is 12.3. The van der Waals surface area contributed by atoms with Crippen LogP contribution in [0.1, 0.15) is 62.3 Å². The second kappa shape index (κ2) is 6.99. The molecule has 2 heterocycles. The molecule has 0 aromatic carbocycles. The predicted octanol–water partition coefficient (Wildman–Crippen LogP) is 2.48. The van der Waals surface area contributed by atoms with Crippen LogP contribution in [0.15, 0.2) is 12.1 Å². The molecule has 122 valence electrons. The molecule has 0 unspecified atom stereocenters. The largest absolute Gasteiger partial charge is 0.351 e. The first-order valence-corrected chi connectivity index (χ1v) is 8.12. The summed E-state index contributed by atoms with van der Waals surface area (Å²) < 4.78 is 1.93. The zero-order valence-electron chi connectivity index (χ0n) is 14.1. The predicted molar refractivity (Wildman–Crippen MR) is 86.6 cm³/mol. The van der Waals surface area contributed by atoms with Crippen molar-refractivity contribution in [3.63, 3.8) is 0 Å². The monoisotopic (exact) mass is 305 g/mol. The maximum atomic E-state index is 12.3. The highest BCUT2D eigenvalue weighted by Crippen LogP contribution is 2.31. The third kappa shape index (κ3) is 3.51. The third-order valence-corrected chi connectivity index (χ3v) is 4.31. The number of amides is 2. The molecule has 0 saturated carbocycles. The van der Waals surface area contributed by atoms with Crippen molar-refractivity contribution in [2.45, 2.75) is 46.1 Å². The molecule has 1 fully saturated rings. The Kier molecular flexibility index (Phi) is 5.27. The summed E-state index contributed by atoms with van der Waals surface area (Å²) in [6.45, 7) is 7.24. The van der Waals surface area contributed by atoms with Gasteiger partial charge < -0.3 is 14.8 Å². The summed E-state index contributed by atoms with van der Waals surface area (Å²) in [6, 6.07) is 3.93. The Balaban J connectivity index is 2.19. The van der Waals surface area contributed by atoms with Crippen LogP contribution in [-0.4, -0.2) is 34.4 Å². The molecule has 5 heteroatoms. The zero-order chi connectivity index (χ0) is 16.3. The van der Waals surface area contributed by atoms with E-state index in [4.69, 9.17) is 0 Å². The number of piperidine rings is 1. The summed E-state index contributed by atoms with van der Waals surface area (Å²) in [5.41, 5.74) is 1.70. The summed E-state index contributed by atoms with van der Waals surface area (Å²) >= 11 is 0. The molecule has 1 atom stereocenters. The Morgan fingerprint density at radius 2 is 2.05 bits per heavy atom. The van der Waals surface area contributed by atoms with Crippen LogP contribution in [0.4, 0.5) is 0 Å². The minimum Gasteiger partial charge on any atom is -0.351 e. The number of hydrogen-bond acceptors (Lipinski definition) is 2. The van der Waals surface area contributed by atoms with Crippen molar-refractivity contribution in [3.8, 4) is 0 Å². The lowest BCUT2D eigenvalue weighted by atomic mass is 9.99. The van der Waals surface area contributed by atoms with Crippen molar-refractivity contribution in [3.05, 3.63) is 23.5 Å². The number of rotatable bonds is 4. The van der Waals surface area contributed by atoms with Crippen molar-refractivity contribution in [1.29, 1.82) is 0 Å². The van der Waals surface area contributed by atoms with E-state index in [1.165, 1.54) is 0 Å². The Bertz CT molecular complexity index is 548. The molecule has 5 nitrogen and oxygen atoms in total. The number of carbonyl (C=O) groups is 2. The van der Waals surface area contributed by atoms with Crippen LogP contribution in [0.3, 0.4) is 0 Å². The van der Waals surface area contributed by atoms with Crippen LogP contribution < -0.4 is 5.32 Å². The molecule has 1 aromatic rings. The Hall–Kier alpha value is -1.78. The van der Waals surface area contributed by atoms with Crippen molar-refractivity contribution in [2.75, 3.05) is 13.1 Å². The number of aromatic nitrogens is 1. The molecule has 0 aliphatic carbocycles. The van der Waals surface area contributed by atoms with Crippen LogP contribution in [0.5, 0.6) is 0 Å². The summed E-state index contributed by atoms with van der Waals surface area (Å²) in [5.74, 6) is 0.486. The van der Waals surface area contributed by atoms with Crippen molar-refractivity contribution < 1.29 is 9.59 Å². The summed E-state index contributed by atoms with van der Waals surface area (Å²) in [4.78, 5) is 26.0. The van der Waals surface area contributed by atoms with Gasteiger partial charge in [0.2, 0.25) is 5.91 Å². The maximum Gasteiger partial charge on any atom is 0.267 e. The number of hydrogen-bond donors (Lipinski definition) is 1. The van der Waals surface area contributed by atoms with E-state index in [1.807, 2.05) is 28.6 Å². The quantitative estimate of drug-likeness (QED) is 0.929. The van der Waals surface area contributed by atoms with Crippen molar-refractivity contribution in [1.82, 2.24) is 14.8 Å². The third-order valence-electron chi connectivity index (χ3n) is 4.31. The minimum absolute atomic E-state index is 0.0485. The fourth-order valence-corrected chi connectivity index (χ4v) is 3.09. The lowest BCUT2D eigenvalue weighted by Gasteiger charge is -2.35. The summed E-state index contributed by atoms with van der Waals surface area (Å²) in [6.07, 6.45) is 3.14. The van der Waals surface area contributed by atoms with Crippen LogP contribution in [0.25, 0.3) is 0 Å². The van der Waals surface area contributed by atoms with Gasteiger partial charge in [-0.25, -0.2) is 0 Å². The first kappa shape index (κ1) is 16.6.